The third-order valence-corrected chi connectivity index (χ3v) is 6.79. The number of aryl methyl sites for hydroxylation is 1. The van der Waals surface area contributed by atoms with Gasteiger partial charge in [-0.05, 0) is 36.5 Å². The molecule has 188 valence electrons. The Morgan fingerprint density at radius 2 is 1.74 bits per heavy atom. The molecule has 3 aliphatic heterocycles. The Bertz CT molecular complexity index is 1070. The predicted octanol–water partition coefficient (Wildman–Crippen LogP) is 2.09. The van der Waals surface area contributed by atoms with Crippen LogP contribution in [0.15, 0.2) is 29.4 Å². The number of amidine groups is 1. The van der Waals surface area contributed by atoms with E-state index in [2.05, 4.69) is 25.5 Å². The molecule has 5 rings (SSSR count). The molecule has 0 spiro atoms. The number of benzene rings is 1. The van der Waals surface area contributed by atoms with Crippen molar-refractivity contribution in [2.75, 3.05) is 45.9 Å². The van der Waals surface area contributed by atoms with E-state index in [0.29, 0.717) is 43.4 Å². The number of halogens is 3. The summed E-state index contributed by atoms with van der Waals surface area (Å²) in [4.78, 5) is 16.1. The topological polar surface area (TPSA) is 87.9 Å². The summed E-state index contributed by atoms with van der Waals surface area (Å²) in [5.41, 5.74) is 1.19. The fourth-order valence-corrected chi connectivity index (χ4v) is 4.82. The molecule has 2 saturated heterocycles. The molecule has 1 N–H and O–H groups in total. The number of nitrogens with zero attached hydrogens (tertiary/aromatic N) is 6. The first-order valence-corrected chi connectivity index (χ1v) is 11.9. The lowest BCUT2D eigenvalue weighted by atomic mass is 9.89. The van der Waals surface area contributed by atoms with Gasteiger partial charge in [0.1, 0.15) is 11.6 Å². The van der Waals surface area contributed by atoms with Crippen LogP contribution >= 0.6 is 0 Å². The van der Waals surface area contributed by atoms with Crippen LogP contribution in [-0.4, -0.2) is 82.3 Å². The lowest BCUT2D eigenvalue weighted by Crippen LogP contribution is -2.47. The molecule has 1 amide bonds. The number of rotatable bonds is 4. The zero-order chi connectivity index (χ0) is 24.4. The number of hydrogen-bond donors (Lipinski definition) is 1. The SMILES string of the molecule is O=C(COc1ccc(C2CCN(C3=Nn4c(nnc4C(F)(F)F)CC3)CC2)cc1)N1CCNCC1. The van der Waals surface area contributed by atoms with Crippen molar-refractivity contribution in [2.45, 2.75) is 37.8 Å². The predicted molar refractivity (Wildman–Crippen MR) is 121 cm³/mol. The van der Waals surface area contributed by atoms with Crippen LogP contribution in [0.25, 0.3) is 0 Å². The summed E-state index contributed by atoms with van der Waals surface area (Å²) in [7, 11) is 0. The van der Waals surface area contributed by atoms with E-state index in [-0.39, 0.29) is 18.3 Å². The fourth-order valence-electron chi connectivity index (χ4n) is 4.82. The fraction of sp³-hybridized carbons (Fsp3) is 0.565. The van der Waals surface area contributed by atoms with Crippen molar-refractivity contribution in [3.8, 4) is 5.75 Å². The van der Waals surface area contributed by atoms with E-state index in [1.54, 1.807) is 0 Å². The molecule has 0 aliphatic carbocycles. The molecule has 12 heteroatoms. The molecule has 0 saturated carbocycles. The van der Waals surface area contributed by atoms with Gasteiger partial charge < -0.3 is 19.9 Å². The van der Waals surface area contributed by atoms with Crippen LogP contribution in [-0.2, 0) is 17.4 Å². The number of fused-ring (bicyclic) bond motifs is 1. The average molecular weight is 492 g/mol. The van der Waals surface area contributed by atoms with Gasteiger partial charge in [0.15, 0.2) is 12.4 Å². The molecule has 1 aromatic carbocycles. The highest BCUT2D eigenvalue weighted by Crippen LogP contribution is 2.32. The minimum Gasteiger partial charge on any atom is -0.484 e. The summed E-state index contributed by atoms with van der Waals surface area (Å²) in [5, 5.41) is 14.4. The number of aromatic nitrogens is 3. The maximum atomic E-state index is 13.2. The highest BCUT2D eigenvalue weighted by molar-refractivity contribution is 5.83. The minimum absolute atomic E-state index is 0.00507. The van der Waals surface area contributed by atoms with Gasteiger partial charge in [-0.3, -0.25) is 4.79 Å². The second kappa shape index (κ2) is 9.84. The summed E-state index contributed by atoms with van der Waals surface area (Å²) >= 11 is 0. The molecule has 35 heavy (non-hydrogen) atoms. The van der Waals surface area contributed by atoms with Crippen LogP contribution in [0.1, 0.15) is 42.4 Å². The first-order chi connectivity index (χ1) is 16.9. The molecule has 0 radical (unpaired) electrons. The van der Waals surface area contributed by atoms with Crippen LogP contribution < -0.4 is 10.1 Å². The summed E-state index contributed by atoms with van der Waals surface area (Å²) in [5.74, 6) is 0.831. The number of hydrogen-bond acceptors (Lipinski definition) is 7. The molecular weight excluding hydrogens is 463 g/mol. The highest BCUT2D eigenvalue weighted by atomic mass is 19.4. The van der Waals surface area contributed by atoms with Crippen molar-refractivity contribution in [3.05, 3.63) is 41.5 Å². The third-order valence-electron chi connectivity index (χ3n) is 6.79. The summed E-state index contributed by atoms with van der Waals surface area (Å²) in [6.07, 6.45) is -1.89. The summed E-state index contributed by atoms with van der Waals surface area (Å²) < 4.78 is 46.1. The van der Waals surface area contributed by atoms with Crippen molar-refractivity contribution in [2.24, 2.45) is 5.10 Å². The molecule has 4 heterocycles. The van der Waals surface area contributed by atoms with E-state index in [1.807, 2.05) is 29.2 Å². The molecule has 1 aromatic heterocycles. The van der Waals surface area contributed by atoms with Crippen molar-refractivity contribution in [1.29, 1.82) is 0 Å². The smallest absolute Gasteiger partial charge is 0.453 e. The maximum Gasteiger partial charge on any atom is 0.453 e. The van der Waals surface area contributed by atoms with Gasteiger partial charge in [-0.25, -0.2) is 0 Å². The molecule has 2 aromatic rings. The van der Waals surface area contributed by atoms with Gasteiger partial charge >= 0.3 is 6.18 Å². The maximum absolute atomic E-state index is 13.2. The Labute approximate surface area is 200 Å². The van der Waals surface area contributed by atoms with Crippen LogP contribution in [0.4, 0.5) is 13.2 Å². The number of amides is 1. The Morgan fingerprint density at radius 3 is 2.43 bits per heavy atom. The normalized spacial score (nSPS) is 19.3. The number of piperazine rings is 1. The van der Waals surface area contributed by atoms with E-state index in [9.17, 15) is 18.0 Å². The standard InChI is InChI=1S/C23H28F3N7O2/c24-23(25,26)22-29-28-19-5-6-20(30-33(19)22)31-11-7-17(8-12-31)16-1-3-18(4-2-16)35-15-21(34)32-13-9-27-10-14-32/h1-4,17,27H,5-15H2. The Kier molecular flexibility index (Phi) is 6.63. The largest absolute Gasteiger partial charge is 0.484 e. The van der Waals surface area contributed by atoms with Crippen LogP contribution in [0.2, 0.25) is 0 Å². The van der Waals surface area contributed by atoms with E-state index in [0.717, 1.165) is 43.7 Å². The first-order valence-electron chi connectivity index (χ1n) is 11.9. The minimum atomic E-state index is -4.58. The average Bonchev–Trinajstić information content (AvgIpc) is 3.32. The quantitative estimate of drug-likeness (QED) is 0.705. The molecule has 3 aliphatic rings. The Morgan fingerprint density at radius 1 is 1.03 bits per heavy atom. The van der Waals surface area contributed by atoms with E-state index < -0.39 is 12.0 Å². The summed E-state index contributed by atoms with van der Waals surface area (Å²) in [6.45, 7) is 4.50. The monoisotopic (exact) mass is 491 g/mol. The Balaban J connectivity index is 1.14. The molecule has 2 fully saturated rings. The van der Waals surface area contributed by atoms with E-state index in [4.69, 9.17) is 4.74 Å². The van der Waals surface area contributed by atoms with Crippen LogP contribution in [0.5, 0.6) is 5.75 Å². The first kappa shape index (κ1) is 23.6. The van der Waals surface area contributed by atoms with Crippen LogP contribution in [0, 0.1) is 0 Å². The number of piperidine rings is 1. The zero-order valence-corrected chi connectivity index (χ0v) is 19.3. The van der Waals surface area contributed by atoms with E-state index in [1.165, 1.54) is 5.56 Å². The van der Waals surface area contributed by atoms with Crippen molar-refractivity contribution in [1.82, 2.24) is 30.0 Å². The van der Waals surface area contributed by atoms with Crippen molar-refractivity contribution >= 4 is 11.7 Å². The lowest BCUT2D eigenvalue weighted by Gasteiger charge is -2.35. The second-order valence-corrected chi connectivity index (χ2v) is 9.02. The van der Waals surface area contributed by atoms with Crippen molar-refractivity contribution < 1.29 is 22.7 Å². The highest BCUT2D eigenvalue weighted by Gasteiger charge is 2.40. The van der Waals surface area contributed by atoms with E-state index >= 15 is 0 Å². The van der Waals surface area contributed by atoms with Gasteiger partial charge in [-0.15, -0.1) is 10.2 Å². The lowest BCUT2D eigenvalue weighted by molar-refractivity contribution is -0.147. The number of carbonyl (C=O) groups excluding carboxylic acids is 1. The number of nitrogens with one attached hydrogen (secondary N) is 1. The molecule has 0 bridgehead atoms. The van der Waals surface area contributed by atoms with Gasteiger partial charge in [0.2, 0.25) is 0 Å². The zero-order valence-electron chi connectivity index (χ0n) is 19.3. The van der Waals surface area contributed by atoms with Crippen LogP contribution in [0.3, 0.4) is 0 Å². The molecule has 9 nitrogen and oxygen atoms in total. The number of ether oxygens (including phenoxy) is 1. The molecule has 0 atom stereocenters. The second-order valence-electron chi connectivity index (χ2n) is 9.02. The van der Waals surface area contributed by atoms with Gasteiger partial charge in [0, 0.05) is 52.1 Å². The number of carbonyl (C=O) groups is 1. The number of likely N-dealkylation sites (tertiary alicyclic amines) is 1. The van der Waals surface area contributed by atoms with Gasteiger partial charge in [0.05, 0.1) is 0 Å². The Hall–Kier alpha value is -3.15. The van der Waals surface area contributed by atoms with Gasteiger partial charge in [-0.2, -0.15) is 22.9 Å². The number of alkyl halides is 3. The van der Waals surface area contributed by atoms with Gasteiger partial charge in [0.25, 0.3) is 11.7 Å². The summed E-state index contributed by atoms with van der Waals surface area (Å²) in [6, 6.07) is 7.85. The molecular formula is C23H28F3N7O2. The third kappa shape index (κ3) is 5.26. The van der Waals surface area contributed by atoms with Crippen molar-refractivity contribution in [3.63, 3.8) is 0 Å². The van der Waals surface area contributed by atoms with Gasteiger partial charge in [-0.1, -0.05) is 12.1 Å². The molecule has 0 unspecified atom stereocenters.